The maximum atomic E-state index is 11.3. The van der Waals surface area contributed by atoms with Gasteiger partial charge in [-0.3, -0.25) is 9.59 Å². The molecule has 0 aliphatic rings. The first-order valence-corrected chi connectivity index (χ1v) is 11.1. The molecule has 0 rings (SSSR count). The lowest BCUT2D eigenvalue weighted by molar-refractivity contribution is -0.157. The van der Waals surface area contributed by atoms with Gasteiger partial charge in [0.1, 0.15) is 12.7 Å². The highest BCUT2D eigenvalue weighted by molar-refractivity contribution is 5.66. The minimum absolute atomic E-state index is 0.0806. The normalized spacial score (nSPS) is 14.3. The second-order valence-corrected chi connectivity index (χ2v) is 7.79. The number of hydrogen-bond donors (Lipinski definition) is 2. The van der Waals surface area contributed by atoms with Crippen molar-refractivity contribution in [1.82, 2.24) is 0 Å². The molecule has 28 heavy (non-hydrogen) atoms. The maximum Gasteiger partial charge on any atom is 0.303 e. The number of unbranched alkanes of at least 4 members (excludes halogenated alkanes) is 11. The number of ether oxygens (including phenoxy) is 2. The number of carbonyl (C=O) groups excluding carboxylic acids is 2. The molecule has 3 atom stereocenters. The van der Waals surface area contributed by atoms with Gasteiger partial charge in [-0.25, -0.2) is 0 Å². The van der Waals surface area contributed by atoms with Crippen LogP contribution in [0.5, 0.6) is 0 Å². The van der Waals surface area contributed by atoms with Crippen LogP contribution in [0.15, 0.2) is 0 Å². The molecular weight excluding hydrogens is 358 g/mol. The van der Waals surface area contributed by atoms with E-state index in [1.807, 2.05) is 0 Å². The van der Waals surface area contributed by atoms with Gasteiger partial charge in [0, 0.05) is 13.8 Å². The van der Waals surface area contributed by atoms with Crippen LogP contribution in [0, 0.1) is 0 Å². The summed E-state index contributed by atoms with van der Waals surface area (Å²) in [5.74, 6) is -0.954. The van der Waals surface area contributed by atoms with E-state index in [-0.39, 0.29) is 6.61 Å². The molecule has 0 heterocycles. The van der Waals surface area contributed by atoms with Crippen molar-refractivity contribution < 1.29 is 24.2 Å². The van der Waals surface area contributed by atoms with Crippen molar-refractivity contribution in [2.45, 2.75) is 122 Å². The van der Waals surface area contributed by atoms with Gasteiger partial charge < -0.3 is 20.3 Å². The number of carbonyl (C=O) groups is 2. The number of aliphatic hydroxyl groups excluding tert-OH is 1. The third-order valence-electron chi connectivity index (χ3n) is 4.94. The molecule has 0 aromatic carbocycles. The van der Waals surface area contributed by atoms with E-state index in [0.29, 0.717) is 6.42 Å². The second-order valence-electron chi connectivity index (χ2n) is 7.79. The summed E-state index contributed by atoms with van der Waals surface area (Å²) in [6, 6.07) is -0.736. The number of aliphatic hydroxyl groups is 1. The van der Waals surface area contributed by atoms with Crippen LogP contribution in [0.3, 0.4) is 0 Å². The van der Waals surface area contributed by atoms with E-state index in [0.717, 1.165) is 19.3 Å². The zero-order valence-corrected chi connectivity index (χ0v) is 18.3. The summed E-state index contributed by atoms with van der Waals surface area (Å²) in [5, 5.41) is 10.4. The Labute approximate surface area is 171 Å². The van der Waals surface area contributed by atoms with Crippen LogP contribution < -0.4 is 5.73 Å². The molecule has 3 N–H and O–H groups in total. The second kappa shape index (κ2) is 17.9. The van der Waals surface area contributed by atoms with Crippen LogP contribution in [-0.2, 0) is 19.1 Å². The molecule has 0 amide bonds. The monoisotopic (exact) mass is 401 g/mol. The molecule has 0 aromatic rings. The van der Waals surface area contributed by atoms with Gasteiger partial charge in [0.2, 0.25) is 0 Å². The Bertz CT molecular complexity index is 402. The molecule has 0 spiro atoms. The van der Waals surface area contributed by atoms with Gasteiger partial charge >= 0.3 is 11.9 Å². The Balaban J connectivity index is 3.85. The minimum atomic E-state index is -0.857. The smallest absolute Gasteiger partial charge is 0.303 e. The van der Waals surface area contributed by atoms with E-state index in [2.05, 4.69) is 6.92 Å². The molecule has 0 bridgehead atoms. The minimum Gasteiger partial charge on any atom is -0.464 e. The average molecular weight is 402 g/mol. The quantitative estimate of drug-likeness (QED) is 0.263. The van der Waals surface area contributed by atoms with Gasteiger partial charge in [0.15, 0.2) is 0 Å². The molecule has 6 nitrogen and oxygen atoms in total. The molecule has 0 saturated heterocycles. The maximum absolute atomic E-state index is 11.3. The van der Waals surface area contributed by atoms with E-state index in [1.54, 1.807) is 0 Å². The molecule has 0 saturated carbocycles. The van der Waals surface area contributed by atoms with Crippen molar-refractivity contribution in [3.63, 3.8) is 0 Å². The first-order valence-electron chi connectivity index (χ1n) is 11.1. The van der Waals surface area contributed by atoms with Gasteiger partial charge in [-0.1, -0.05) is 84.0 Å². The lowest BCUT2D eigenvalue weighted by atomic mass is 9.99. The van der Waals surface area contributed by atoms with Crippen molar-refractivity contribution in [3.8, 4) is 0 Å². The summed E-state index contributed by atoms with van der Waals surface area (Å²) in [4.78, 5) is 22.2. The van der Waals surface area contributed by atoms with E-state index in [1.165, 1.54) is 71.6 Å². The summed E-state index contributed by atoms with van der Waals surface area (Å²) >= 11 is 0. The van der Waals surface area contributed by atoms with Gasteiger partial charge in [-0.15, -0.1) is 0 Å². The molecule has 166 valence electrons. The fourth-order valence-corrected chi connectivity index (χ4v) is 3.31. The van der Waals surface area contributed by atoms with E-state index in [4.69, 9.17) is 15.2 Å². The predicted molar refractivity (Wildman–Crippen MR) is 112 cm³/mol. The summed E-state index contributed by atoms with van der Waals surface area (Å²) in [5.41, 5.74) is 5.94. The zero-order chi connectivity index (χ0) is 21.2. The van der Waals surface area contributed by atoms with Crippen LogP contribution in [0.25, 0.3) is 0 Å². The lowest BCUT2D eigenvalue weighted by Crippen LogP contribution is -2.48. The van der Waals surface area contributed by atoms with Crippen LogP contribution in [0.2, 0.25) is 0 Å². The summed E-state index contributed by atoms with van der Waals surface area (Å²) < 4.78 is 10.0. The van der Waals surface area contributed by atoms with Crippen molar-refractivity contribution in [3.05, 3.63) is 0 Å². The predicted octanol–water partition coefficient (Wildman–Crippen LogP) is 4.26. The molecule has 0 unspecified atom stereocenters. The highest BCUT2D eigenvalue weighted by atomic mass is 16.6. The summed E-state index contributed by atoms with van der Waals surface area (Å²) in [7, 11) is 0. The highest BCUT2D eigenvalue weighted by Gasteiger charge is 2.29. The van der Waals surface area contributed by atoms with Crippen molar-refractivity contribution in [2.75, 3.05) is 6.61 Å². The Morgan fingerprint density at radius 2 is 1.29 bits per heavy atom. The van der Waals surface area contributed by atoms with Gasteiger partial charge in [-0.2, -0.15) is 0 Å². The lowest BCUT2D eigenvalue weighted by Gasteiger charge is -2.27. The Hall–Kier alpha value is -1.14. The molecular formula is C22H43NO5. The molecule has 0 radical (unpaired) electrons. The molecule has 0 aliphatic carbocycles. The average Bonchev–Trinajstić information content (AvgIpc) is 2.64. The van der Waals surface area contributed by atoms with E-state index < -0.39 is 30.2 Å². The van der Waals surface area contributed by atoms with E-state index in [9.17, 15) is 14.7 Å². The number of nitrogens with two attached hydrogens (primary N) is 1. The Morgan fingerprint density at radius 3 is 1.71 bits per heavy atom. The SMILES string of the molecule is CCCCCCCCCCCCCC[C@@H](O)[C@@H](OC(C)=O)[C@H](N)COC(C)=O. The number of hydrogen-bond acceptors (Lipinski definition) is 6. The number of esters is 2. The third kappa shape index (κ3) is 15.9. The van der Waals surface area contributed by atoms with Crippen LogP contribution in [0.4, 0.5) is 0 Å². The largest absolute Gasteiger partial charge is 0.464 e. The number of rotatable bonds is 18. The Morgan fingerprint density at radius 1 is 0.821 bits per heavy atom. The van der Waals surface area contributed by atoms with Gasteiger partial charge in [0.05, 0.1) is 12.1 Å². The van der Waals surface area contributed by atoms with Crippen LogP contribution in [0.1, 0.15) is 104 Å². The highest BCUT2D eigenvalue weighted by Crippen LogP contribution is 2.16. The Kier molecular flexibility index (Phi) is 17.2. The van der Waals surface area contributed by atoms with Crippen LogP contribution in [-0.4, -0.2) is 41.9 Å². The fourth-order valence-electron chi connectivity index (χ4n) is 3.31. The molecule has 6 heteroatoms. The van der Waals surface area contributed by atoms with Crippen molar-refractivity contribution in [1.29, 1.82) is 0 Å². The van der Waals surface area contributed by atoms with Crippen molar-refractivity contribution in [2.24, 2.45) is 5.73 Å². The first-order chi connectivity index (χ1) is 13.4. The third-order valence-corrected chi connectivity index (χ3v) is 4.94. The standard InChI is InChI=1S/C22H43NO5/c1-4-5-6-7-8-9-10-11-12-13-14-15-16-21(26)22(28-19(3)25)20(23)17-27-18(2)24/h20-22,26H,4-17,23H2,1-3H3/t20-,21-,22+/m1/s1. The summed E-state index contributed by atoms with van der Waals surface area (Å²) in [6.45, 7) is 4.73. The van der Waals surface area contributed by atoms with Crippen LogP contribution >= 0.6 is 0 Å². The van der Waals surface area contributed by atoms with Crippen molar-refractivity contribution >= 4 is 11.9 Å². The van der Waals surface area contributed by atoms with Gasteiger partial charge in [0.25, 0.3) is 0 Å². The fraction of sp³-hybridized carbons (Fsp3) is 0.909. The van der Waals surface area contributed by atoms with E-state index >= 15 is 0 Å². The van der Waals surface area contributed by atoms with Gasteiger partial charge in [-0.05, 0) is 6.42 Å². The zero-order valence-electron chi connectivity index (χ0n) is 18.3. The molecule has 0 aliphatic heterocycles. The molecule has 0 aromatic heterocycles. The molecule has 0 fully saturated rings. The first kappa shape index (κ1) is 26.9. The summed E-state index contributed by atoms with van der Waals surface area (Å²) in [6.07, 6.45) is 13.8. The topological polar surface area (TPSA) is 98.8 Å².